The lowest BCUT2D eigenvalue weighted by Gasteiger charge is -2.25. The molecule has 3 N–H and O–H groups in total. The molecule has 0 aromatic rings. The van der Waals surface area contributed by atoms with Crippen molar-refractivity contribution in [1.29, 1.82) is 0 Å². The van der Waals surface area contributed by atoms with Crippen LogP contribution in [0.1, 0.15) is 155 Å². The molecule has 0 radical (unpaired) electrons. The van der Waals surface area contributed by atoms with Gasteiger partial charge in [0.05, 0.1) is 39.9 Å². The Bertz CT molecular complexity index is 1410. The van der Waals surface area contributed by atoms with Gasteiger partial charge in [0, 0.05) is 6.42 Å². The fourth-order valence-corrected chi connectivity index (χ4v) is 6.63. The van der Waals surface area contributed by atoms with Crippen LogP contribution in [0.25, 0.3) is 0 Å². The molecule has 0 aromatic carbocycles. The molecular formula is C53H90N2O6P+. The molecule has 0 saturated carbocycles. The molecule has 62 heavy (non-hydrogen) atoms. The molecule has 0 fully saturated rings. The predicted molar refractivity (Wildman–Crippen MR) is 267 cm³/mol. The van der Waals surface area contributed by atoms with Crippen molar-refractivity contribution < 1.29 is 32.9 Å². The lowest BCUT2D eigenvalue weighted by molar-refractivity contribution is -0.870. The number of nitrogens with zero attached hydrogens (tertiary/aromatic N) is 1. The third-order valence-electron chi connectivity index (χ3n) is 9.67. The number of quaternary nitrogens is 1. The van der Waals surface area contributed by atoms with Gasteiger partial charge in [-0.25, -0.2) is 4.57 Å². The van der Waals surface area contributed by atoms with E-state index in [0.29, 0.717) is 17.4 Å². The number of carbonyl (C=O) groups excluding carboxylic acids is 1. The van der Waals surface area contributed by atoms with Crippen LogP contribution in [-0.4, -0.2) is 73.4 Å². The summed E-state index contributed by atoms with van der Waals surface area (Å²) in [5.41, 5.74) is 0. The Kier molecular flexibility index (Phi) is 41.0. The summed E-state index contributed by atoms with van der Waals surface area (Å²) in [6.45, 7) is 4.57. The Balaban J connectivity index is 4.24. The van der Waals surface area contributed by atoms with E-state index in [9.17, 15) is 19.4 Å². The minimum atomic E-state index is -4.35. The molecule has 3 atom stereocenters. The zero-order valence-corrected chi connectivity index (χ0v) is 40.7. The fourth-order valence-electron chi connectivity index (χ4n) is 5.89. The summed E-state index contributed by atoms with van der Waals surface area (Å²) in [6, 6.07) is -0.878. The Hall–Kier alpha value is -3.10. The number of phosphoric acid groups is 1. The van der Waals surface area contributed by atoms with Gasteiger partial charge in [0.2, 0.25) is 5.91 Å². The van der Waals surface area contributed by atoms with Crippen LogP contribution in [0.3, 0.4) is 0 Å². The smallest absolute Gasteiger partial charge is 0.387 e. The Morgan fingerprint density at radius 1 is 0.565 bits per heavy atom. The first-order valence-electron chi connectivity index (χ1n) is 23.9. The monoisotopic (exact) mass is 882 g/mol. The van der Waals surface area contributed by atoms with Crippen LogP contribution in [0.5, 0.6) is 0 Å². The van der Waals surface area contributed by atoms with Gasteiger partial charge in [-0.15, -0.1) is 0 Å². The molecule has 0 aliphatic heterocycles. The van der Waals surface area contributed by atoms with Crippen molar-refractivity contribution >= 4 is 13.7 Å². The van der Waals surface area contributed by atoms with Gasteiger partial charge in [-0.3, -0.25) is 13.8 Å². The van der Waals surface area contributed by atoms with Crippen LogP contribution in [0.15, 0.2) is 122 Å². The van der Waals surface area contributed by atoms with E-state index < -0.39 is 20.0 Å². The van der Waals surface area contributed by atoms with Crippen LogP contribution < -0.4 is 5.32 Å². The molecule has 0 rings (SSSR count). The number of unbranched alkanes of at least 4 members (excludes halogenated alkanes) is 10. The number of hydrogen-bond acceptors (Lipinski definition) is 5. The number of rotatable bonds is 41. The van der Waals surface area contributed by atoms with Gasteiger partial charge >= 0.3 is 7.82 Å². The van der Waals surface area contributed by atoms with Crippen molar-refractivity contribution in [3.05, 3.63) is 122 Å². The number of aliphatic hydroxyl groups is 1. The SMILES string of the molecule is CC/C=C\C/C=C\C/C=C\C/C=C\C/C=C\C/C=C\C/C=C\C/C=C\CCCCCCCCC(=O)NC(COP(=O)(O)OCC[N+](C)(C)C)C(O)/C=C/CC/C=C/CCCCC. The van der Waals surface area contributed by atoms with E-state index in [-0.39, 0.29) is 19.1 Å². The maximum Gasteiger partial charge on any atom is 0.472 e. The van der Waals surface area contributed by atoms with Crippen molar-refractivity contribution in [3.8, 4) is 0 Å². The topological polar surface area (TPSA) is 105 Å². The van der Waals surface area contributed by atoms with Gasteiger partial charge < -0.3 is 19.8 Å². The summed E-state index contributed by atoms with van der Waals surface area (Å²) in [7, 11) is 1.52. The molecule has 352 valence electrons. The maximum atomic E-state index is 12.9. The van der Waals surface area contributed by atoms with Crippen LogP contribution in [0.2, 0.25) is 0 Å². The van der Waals surface area contributed by atoms with Crippen LogP contribution in [0.4, 0.5) is 0 Å². The third kappa shape index (κ3) is 44.9. The summed E-state index contributed by atoms with van der Waals surface area (Å²) in [5.74, 6) is -0.212. The van der Waals surface area contributed by atoms with E-state index >= 15 is 0 Å². The van der Waals surface area contributed by atoms with Crippen LogP contribution in [-0.2, 0) is 18.4 Å². The average molecular weight is 882 g/mol. The van der Waals surface area contributed by atoms with Gasteiger partial charge in [-0.2, -0.15) is 0 Å². The highest BCUT2D eigenvalue weighted by atomic mass is 31.2. The minimum absolute atomic E-state index is 0.0455. The molecule has 3 unspecified atom stereocenters. The lowest BCUT2D eigenvalue weighted by Crippen LogP contribution is -2.45. The highest BCUT2D eigenvalue weighted by Gasteiger charge is 2.27. The highest BCUT2D eigenvalue weighted by Crippen LogP contribution is 2.43. The van der Waals surface area contributed by atoms with Gasteiger partial charge in [-0.05, 0) is 96.3 Å². The zero-order chi connectivity index (χ0) is 45.7. The number of carbonyl (C=O) groups is 1. The number of aliphatic hydroxyl groups excluding tert-OH is 1. The van der Waals surface area contributed by atoms with Gasteiger partial charge in [0.1, 0.15) is 13.2 Å². The van der Waals surface area contributed by atoms with E-state index in [0.717, 1.165) is 109 Å². The number of nitrogens with one attached hydrogen (secondary N) is 1. The van der Waals surface area contributed by atoms with Crippen LogP contribution >= 0.6 is 7.82 Å². The summed E-state index contributed by atoms with van der Waals surface area (Å²) in [5, 5.41) is 13.7. The fraction of sp³-hybridized carbons (Fsp3) is 0.604. The van der Waals surface area contributed by atoms with E-state index in [1.54, 1.807) is 6.08 Å². The first-order chi connectivity index (χ1) is 30.0. The molecule has 0 bridgehead atoms. The third-order valence-corrected chi connectivity index (χ3v) is 10.6. The number of phosphoric ester groups is 1. The molecule has 8 nitrogen and oxygen atoms in total. The first kappa shape index (κ1) is 58.9. The lowest BCUT2D eigenvalue weighted by atomic mass is 10.1. The second-order valence-corrected chi connectivity index (χ2v) is 18.2. The largest absolute Gasteiger partial charge is 0.472 e. The molecule has 0 spiro atoms. The molecule has 0 aliphatic rings. The van der Waals surface area contributed by atoms with Gasteiger partial charge in [0.25, 0.3) is 0 Å². The Labute approximate surface area is 380 Å². The van der Waals surface area contributed by atoms with Crippen molar-refractivity contribution in [1.82, 2.24) is 5.32 Å². The van der Waals surface area contributed by atoms with Crippen molar-refractivity contribution in [2.75, 3.05) is 40.9 Å². The average Bonchev–Trinajstić information content (AvgIpc) is 3.23. The van der Waals surface area contributed by atoms with Crippen molar-refractivity contribution in [2.24, 2.45) is 0 Å². The zero-order valence-electron chi connectivity index (χ0n) is 39.8. The Morgan fingerprint density at radius 2 is 0.984 bits per heavy atom. The quantitative estimate of drug-likeness (QED) is 0.0244. The predicted octanol–water partition coefficient (Wildman–Crippen LogP) is 13.9. The van der Waals surface area contributed by atoms with Crippen molar-refractivity contribution in [3.63, 3.8) is 0 Å². The summed E-state index contributed by atoms with van der Waals surface area (Å²) >= 11 is 0. The van der Waals surface area contributed by atoms with E-state index in [1.807, 2.05) is 27.2 Å². The number of likely N-dealkylation sites (N-methyl/N-ethyl adjacent to an activating group) is 1. The highest BCUT2D eigenvalue weighted by molar-refractivity contribution is 7.47. The van der Waals surface area contributed by atoms with E-state index in [4.69, 9.17) is 9.05 Å². The summed E-state index contributed by atoms with van der Waals surface area (Å²) < 4.78 is 23.5. The van der Waals surface area contributed by atoms with Gasteiger partial charge in [-0.1, -0.05) is 174 Å². The van der Waals surface area contributed by atoms with E-state index in [1.165, 1.54) is 25.7 Å². The molecule has 9 heteroatoms. The molecule has 0 saturated heterocycles. The second kappa shape index (κ2) is 43.2. The number of hydrogen-bond donors (Lipinski definition) is 3. The summed E-state index contributed by atoms with van der Waals surface area (Å²) in [6.07, 6.45) is 64.4. The Morgan fingerprint density at radius 3 is 1.48 bits per heavy atom. The second-order valence-electron chi connectivity index (χ2n) is 16.7. The normalized spacial score (nSPS) is 15.3. The van der Waals surface area contributed by atoms with Crippen LogP contribution in [0, 0.1) is 0 Å². The molecule has 1 amide bonds. The first-order valence-corrected chi connectivity index (χ1v) is 25.4. The molecular weight excluding hydrogens is 792 g/mol. The molecule has 0 heterocycles. The molecule has 0 aromatic heterocycles. The maximum absolute atomic E-state index is 12.9. The minimum Gasteiger partial charge on any atom is -0.387 e. The van der Waals surface area contributed by atoms with E-state index in [2.05, 4.69) is 129 Å². The van der Waals surface area contributed by atoms with Gasteiger partial charge in [0.15, 0.2) is 0 Å². The summed E-state index contributed by atoms with van der Waals surface area (Å²) in [4.78, 5) is 23.1. The standard InChI is InChI=1S/C53H89N2O6P/c1-6-8-10-12-14-16-17-18-19-20-21-22-23-24-25-26-27-28-29-30-31-32-33-34-35-36-37-39-41-43-45-47-53(57)54-51(50-61-62(58,59)60-49-48-55(3,4)5)52(56)46-44-42-40-38-15-13-11-9-7-2/h8,10,14-16,18-19,21-22,24-25,27-28,30-31,33-34,38,44,46,51-52,56H,6-7,9,11-13,17,20,23,26,29,32,35-37,39-43,45,47-50H2,1-5H3,(H-,54,57,58,59)/p+1/b10-8-,16-14-,19-18-,22-21-,25-24-,28-27-,31-30-,34-33-,38-15+,46-44+. The van der Waals surface area contributed by atoms with Crippen molar-refractivity contribution in [2.45, 2.75) is 167 Å². The number of allylic oxidation sites excluding steroid dienone is 19. The number of amides is 1. The molecule has 0 aliphatic carbocycles.